The molecule has 0 aliphatic carbocycles. The SMILES string of the molecule is CCOC(=O)c1nc(NC2CCCN(C)C2)sc1C. The number of nitrogens with one attached hydrogen (secondary N) is 1. The molecule has 19 heavy (non-hydrogen) atoms. The number of nitrogens with zero attached hydrogens (tertiary/aromatic N) is 2. The molecule has 1 aromatic rings. The molecule has 0 spiro atoms. The number of rotatable bonds is 4. The number of hydrogen-bond donors (Lipinski definition) is 1. The van der Waals surface area contributed by atoms with Crippen LogP contribution in [0.3, 0.4) is 0 Å². The number of thiazole rings is 1. The summed E-state index contributed by atoms with van der Waals surface area (Å²) in [5.74, 6) is -0.329. The molecule has 0 amide bonds. The van der Waals surface area contributed by atoms with E-state index in [0.29, 0.717) is 18.3 Å². The van der Waals surface area contributed by atoms with Crippen molar-refractivity contribution in [3.8, 4) is 0 Å². The summed E-state index contributed by atoms with van der Waals surface area (Å²) in [7, 11) is 2.13. The summed E-state index contributed by atoms with van der Waals surface area (Å²) in [6, 6.07) is 0.416. The van der Waals surface area contributed by atoms with Crippen molar-refractivity contribution in [1.29, 1.82) is 0 Å². The van der Waals surface area contributed by atoms with Crippen molar-refractivity contribution in [2.75, 3.05) is 32.1 Å². The third kappa shape index (κ3) is 3.67. The third-order valence-electron chi connectivity index (χ3n) is 3.22. The Morgan fingerprint density at radius 1 is 1.63 bits per heavy atom. The van der Waals surface area contributed by atoms with Gasteiger partial charge in [-0.25, -0.2) is 9.78 Å². The van der Waals surface area contributed by atoms with Gasteiger partial charge in [0.15, 0.2) is 10.8 Å². The Hall–Kier alpha value is -1.14. The lowest BCUT2D eigenvalue weighted by Gasteiger charge is -2.29. The van der Waals surface area contributed by atoms with Crippen LogP contribution in [0.15, 0.2) is 0 Å². The topological polar surface area (TPSA) is 54.5 Å². The molecule has 1 fully saturated rings. The van der Waals surface area contributed by atoms with Gasteiger partial charge in [-0.1, -0.05) is 0 Å². The number of carbonyl (C=O) groups excluding carboxylic acids is 1. The van der Waals surface area contributed by atoms with Crippen molar-refractivity contribution in [3.63, 3.8) is 0 Å². The zero-order valence-corrected chi connectivity index (χ0v) is 12.5. The average Bonchev–Trinajstić information content (AvgIpc) is 2.70. The Balaban J connectivity index is 2.01. The minimum atomic E-state index is -0.329. The largest absolute Gasteiger partial charge is 0.461 e. The van der Waals surface area contributed by atoms with Gasteiger partial charge in [-0.3, -0.25) is 0 Å². The average molecular weight is 283 g/mol. The normalized spacial score (nSPS) is 20.3. The number of aryl methyl sites for hydroxylation is 1. The Morgan fingerprint density at radius 2 is 2.42 bits per heavy atom. The van der Waals surface area contributed by atoms with Gasteiger partial charge in [0.25, 0.3) is 0 Å². The lowest BCUT2D eigenvalue weighted by Crippen LogP contribution is -2.39. The van der Waals surface area contributed by atoms with E-state index < -0.39 is 0 Å². The number of ether oxygens (including phenoxy) is 1. The number of likely N-dealkylation sites (N-methyl/N-ethyl adjacent to an activating group) is 1. The van der Waals surface area contributed by atoms with E-state index in [4.69, 9.17) is 4.74 Å². The number of esters is 1. The highest BCUT2D eigenvalue weighted by Crippen LogP contribution is 2.24. The zero-order chi connectivity index (χ0) is 13.8. The van der Waals surface area contributed by atoms with Gasteiger partial charge in [0.1, 0.15) is 0 Å². The molecule has 5 nitrogen and oxygen atoms in total. The molecule has 0 bridgehead atoms. The van der Waals surface area contributed by atoms with Crippen molar-refractivity contribution < 1.29 is 9.53 Å². The highest BCUT2D eigenvalue weighted by atomic mass is 32.1. The van der Waals surface area contributed by atoms with Gasteiger partial charge >= 0.3 is 5.97 Å². The van der Waals surface area contributed by atoms with E-state index in [9.17, 15) is 4.79 Å². The number of hydrogen-bond acceptors (Lipinski definition) is 6. The van der Waals surface area contributed by atoms with E-state index in [1.54, 1.807) is 6.92 Å². The van der Waals surface area contributed by atoms with E-state index in [1.165, 1.54) is 17.8 Å². The van der Waals surface area contributed by atoms with E-state index in [0.717, 1.165) is 29.5 Å². The number of aromatic nitrogens is 1. The molecule has 1 unspecified atom stereocenters. The minimum absolute atomic E-state index is 0.329. The summed E-state index contributed by atoms with van der Waals surface area (Å²) in [5, 5.41) is 4.25. The maximum absolute atomic E-state index is 11.7. The van der Waals surface area contributed by atoms with Crippen molar-refractivity contribution in [2.24, 2.45) is 0 Å². The van der Waals surface area contributed by atoms with E-state index in [2.05, 4.69) is 22.2 Å². The van der Waals surface area contributed by atoms with Crippen LogP contribution in [-0.2, 0) is 4.74 Å². The van der Waals surface area contributed by atoms with Gasteiger partial charge in [0.05, 0.1) is 6.61 Å². The highest BCUT2D eigenvalue weighted by molar-refractivity contribution is 7.15. The molecular weight excluding hydrogens is 262 g/mol. The minimum Gasteiger partial charge on any atom is -0.461 e. The second-order valence-electron chi connectivity index (χ2n) is 4.89. The predicted octanol–water partition coefficient (Wildman–Crippen LogP) is 2.13. The summed E-state index contributed by atoms with van der Waals surface area (Å²) in [6.07, 6.45) is 2.35. The molecular formula is C13H21N3O2S. The maximum Gasteiger partial charge on any atom is 0.358 e. The highest BCUT2D eigenvalue weighted by Gasteiger charge is 2.21. The standard InChI is InChI=1S/C13H21N3O2S/c1-4-18-12(17)11-9(2)19-13(15-11)14-10-6-5-7-16(3)8-10/h10H,4-8H2,1-3H3,(H,14,15). The fraction of sp³-hybridized carbons (Fsp3) is 0.692. The second-order valence-corrected chi connectivity index (χ2v) is 6.09. The molecule has 2 heterocycles. The Kier molecular flexibility index (Phi) is 4.76. The maximum atomic E-state index is 11.7. The summed E-state index contributed by atoms with van der Waals surface area (Å²) >= 11 is 1.52. The molecule has 1 aromatic heterocycles. The van der Waals surface area contributed by atoms with Crippen LogP contribution < -0.4 is 5.32 Å². The first-order chi connectivity index (χ1) is 9.10. The van der Waals surface area contributed by atoms with Crippen LogP contribution >= 0.6 is 11.3 Å². The molecule has 1 aliphatic rings. The van der Waals surface area contributed by atoms with Crippen LogP contribution in [0.1, 0.15) is 35.1 Å². The van der Waals surface area contributed by atoms with Crippen LogP contribution in [-0.4, -0.2) is 48.6 Å². The molecule has 0 saturated carbocycles. The molecule has 1 atom stereocenters. The summed E-state index contributed by atoms with van der Waals surface area (Å²) in [5.41, 5.74) is 0.443. The Bertz CT molecular complexity index is 447. The van der Waals surface area contributed by atoms with Crippen molar-refractivity contribution in [2.45, 2.75) is 32.7 Å². The quantitative estimate of drug-likeness (QED) is 0.858. The predicted molar refractivity (Wildman–Crippen MR) is 76.9 cm³/mol. The van der Waals surface area contributed by atoms with Crippen LogP contribution in [0.5, 0.6) is 0 Å². The smallest absolute Gasteiger partial charge is 0.358 e. The summed E-state index contributed by atoms with van der Waals surface area (Å²) < 4.78 is 5.00. The fourth-order valence-electron chi connectivity index (χ4n) is 2.31. The van der Waals surface area contributed by atoms with E-state index in [1.807, 2.05) is 6.92 Å². The van der Waals surface area contributed by atoms with Crippen molar-refractivity contribution >= 4 is 22.4 Å². The number of carbonyl (C=O) groups is 1. The summed E-state index contributed by atoms with van der Waals surface area (Å²) in [4.78, 5) is 19.3. The lowest BCUT2D eigenvalue weighted by molar-refractivity contribution is 0.0519. The van der Waals surface area contributed by atoms with Gasteiger partial charge in [-0.05, 0) is 40.3 Å². The Morgan fingerprint density at radius 3 is 3.11 bits per heavy atom. The molecule has 6 heteroatoms. The second kappa shape index (κ2) is 6.34. The molecule has 1 saturated heterocycles. The van der Waals surface area contributed by atoms with Gasteiger partial charge in [0, 0.05) is 17.5 Å². The zero-order valence-electron chi connectivity index (χ0n) is 11.7. The number of likely N-dealkylation sites (tertiary alicyclic amines) is 1. The van der Waals surface area contributed by atoms with Crippen LogP contribution in [0.4, 0.5) is 5.13 Å². The van der Waals surface area contributed by atoms with Crippen LogP contribution in [0.25, 0.3) is 0 Å². The molecule has 1 N–H and O–H groups in total. The molecule has 2 rings (SSSR count). The number of piperidine rings is 1. The fourth-order valence-corrected chi connectivity index (χ4v) is 3.18. The number of anilines is 1. The van der Waals surface area contributed by atoms with Gasteiger partial charge < -0.3 is 15.0 Å². The first kappa shape index (κ1) is 14.3. The Labute approximate surface area is 118 Å². The van der Waals surface area contributed by atoms with E-state index >= 15 is 0 Å². The third-order valence-corrected chi connectivity index (χ3v) is 4.12. The molecule has 0 radical (unpaired) electrons. The van der Waals surface area contributed by atoms with Gasteiger partial charge in [-0.2, -0.15) is 0 Å². The monoisotopic (exact) mass is 283 g/mol. The van der Waals surface area contributed by atoms with Crippen LogP contribution in [0.2, 0.25) is 0 Å². The van der Waals surface area contributed by atoms with Crippen LogP contribution in [0, 0.1) is 6.92 Å². The van der Waals surface area contributed by atoms with Gasteiger partial charge in [0.2, 0.25) is 0 Å². The lowest BCUT2D eigenvalue weighted by atomic mass is 10.1. The molecule has 106 valence electrons. The summed E-state index contributed by atoms with van der Waals surface area (Å²) in [6.45, 7) is 6.27. The van der Waals surface area contributed by atoms with Crippen molar-refractivity contribution in [1.82, 2.24) is 9.88 Å². The first-order valence-corrected chi connectivity index (χ1v) is 7.51. The van der Waals surface area contributed by atoms with Crippen molar-refractivity contribution in [3.05, 3.63) is 10.6 Å². The van der Waals surface area contributed by atoms with Gasteiger partial charge in [-0.15, -0.1) is 11.3 Å². The van der Waals surface area contributed by atoms with E-state index in [-0.39, 0.29) is 5.97 Å². The molecule has 0 aromatic carbocycles. The first-order valence-electron chi connectivity index (χ1n) is 6.69. The molecule has 1 aliphatic heterocycles.